The summed E-state index contributed by atoms with van der Waals surface area (Å²) in [6, 6.07) is 14.2. The average Bonchev–Trinajstić information content (AvgIpc) is 2.39. The van der Waals surface area contributed by atoms with Crippen molar-refractivity contribution in [2.45, 2.75) is 13.0 Å². The predicted octanol–water partition coefficient (Wildman–Crippen LogP) is 3.84. The lowest BCUT2D eigenvalue weighted by Gasteiger charge is -2.14. The number of halogens is 1. The highest BCUT2D eigenvalue weighted by molar-refractivity contribution is 6.31. The lowest BCUT2D eigenvalue weighted by atomic mass is 10.1. The summed E-state index contributed by atoms with van der Waals surface area (Å²) in [5, 5.41) is 0.491. The summed E-state index contributed by atoms with van der Waals surface area (Å²) in [6.07, 6.45) is -0.330. The maximum atomic E-state index is 12.0. The number of hydrogen-bond donors (Lipinski definition) is 1. The molecule has 0 heterocycles. The average molecular weight is 276 g/mol. The Balaban J connectivity index is 2.13. The molecule has 3 nitrogen and oxygen atoms in total. The van der Waals surface area contributed by atoms with Crippen LogP contribution in [0, 0.1) is 0 Å². The van der Waals surface area contributed by atoms with Gasteiger partial charge in [0.1, 0.15) is 6.10 Å². The van der Waals surface area contributed by atoms with Crippen LogP contribution in [0.25, 0.3) is 0 Å². The van der Waals surface area contributed by atoms with Crippen LogP contribution in [0.3, 0.4) is 0 Å². The summed E-state index contributed by atoms with van der Waals surface area (Å²) < 4.78 is 5.38. The van der Waals surface area contributed by atoms with E-state index in [-0.39, 0.29) is 6.10 Å². The van der Waals surface area contributed by atoms with E-state index in [1.807, 2.05) is 37.3 Å². The molecule has 0 aliphatic carbocycles. The van der Waals surface area contributed by atoms with Crippen LogP contribution >= 0.6 is 11.6 Å². The molecule has 2 aromatic carbocycles. The van der Waals surface area contributed by atoms with Crippen LogP contribution in [0.4, 0.5) is 5.69 Å². The zero-order valence-electron chi connectivity index (χ0n) is 10.5. The summed E-state index contributed by atoms with van der Waals surface area (Å²) in [5.41, 5.74) is 7.33. The molecule has 0 amide bonds. The van der Waals surface area contributed by atoms with Crippen molar-refractivity contribution in [3.05, 3.63) is 64.7 Å². The number of carbonyl (C=O) groups is 1. The minimum absolute atomic E-state index is 0.317. The molecule has 19 heavy (non-hydrogen) atoms. The van der Waals surface area contributed by atoms with Crippen molar-refractivity contribution in [2.24, 2.45) is 0 Å². The molecule has 0 saturated carbocycles. The van der Waals surface area contributed by atoms with Gasteiger partial charge in [-0.3, -0.25) is 0 Å². The lowest BCUT2D eigenvalue weighted by molar-refractivity contribution is 0.0339. The van der Waals surface area contributed by atoms with Crippen molar-refractivity contribution in [1.82, 2.24) is 0 Å². The molecule has 0 aliphatic rings. The van der Waals surface area contributed by atoms with E-state index in [1.54, 1.807) is 12.1 Å². The molecule has 2 aromatic rings. The van der Waals surface area contributed by atoms with E-state index in [2.05, 4.69) is 0 Å². The molecule has 0 fully saturated rings. The smallest absolute Gasteiger partial charge is 0.340 e. The third kappa shape index (κ3) is 3.26. The summed E-state index contributed by atoms with van der Waals surface area (Å²) >= 11 is 5.79. The van der Waals surface area contributed by atoms with Crippen LogP contribution < -0.4 is 5.73 Å². The van der Waals surface area contributed by atoms with Crippen molar-refractivity contribution in [3.8, 4) is 0 Å². The monoisotopic (exact) mass is 275 g/mol. The van der Waals surface area contributed by atoms with Crippen molar-refractivity contribution in [3.63, 3.8) is 0 Å². The molecule has 0 saturated heterocycles. The molecule has 2 N–H and O–H groups in total. The fourth-order valence-corrected chi connectivity index (χ4v) is 1.92. The SMILES string of the molecule is CC(OC(=O)c1ccc(Cl)cc1N)c1ccccc1. The quantitative estimate of drug-likeness (QED) is 0.684. The van der Waals surface area contributed by atoms with Gasteiger partial charge in [0, 0.05) is 10.7 Å². The maximum Gasteiger partial charge on any atom is 0.340 e. The Morgan fingerprint density at radius 3 is 2.53 bits per heavy atom. The van der Waals surface area contributed by atoms with Gasteiger partial charge in [-0.15, -0.1) is 0 Å². The first-order chi connectivity index (χ1) is 9.08. The van der Waals surface area contributed by atoms with Gasteiger partial charge in [0.25, 0.3) is 0 Å². The van der Waals surface area contributed by atoms with E-state index in [0.717, 1.165) is 5.56 Å². The Morgan fingerprint density at radius 2 is 1.89 bits per heavy atom. The van der Waals surface area contributed by atoms with Crippen molar-refractivity contribution < 1.29 is 9.53 Å². The van der Waals surface area contributed by atoms with Gasteiger partial charge in [0.05, 0.1) is 5.56 Å². The minimum Gasteiger partial charge on any atom is -0.454 e. The van der Waals surface area contributed by atoms with Crippen LogP contribution in [0.1, 0.15) is 28.9 Å². The van der Waals surface area contributed by atoms with E-state index >= 15 is 0 Å². The minimum atomic E-state index is -0.453. The van der Waals surface area contributed by atoms with Crippen LogP contribution in [0.5, 0.6) is 0 Å². The summed E-state index contributed by atoms with van der Waals surface area (Å²) in [4.78, 5) is 12.0. The largest absolute Gasteiger partial charge is 0.454 e. The first kappa shape index (κ1) is 13.4. The number of nitrogens with two attached hydrogens (primary N) is 1. The molecular formula is C15H14ClNO2. The van der Waals surface area contributed by atoms with Gasteiger partial charge >= 0.3 is 5.97 Å². The summed E-state index contributed by atoms with van der Waals surface area (Å²) in [5.74, 6) is -0.453. The standard InChI is InChI=1S/C15H14ClNO2/c1-10(11-5-3-2-4-6-11)19-15(18)13-8-7-12(16)9-14(13)17/h2-10H,17H2,1H3. The van der Waals surface area contributed by atoms with Crippen molar-refractivity contribution >= 4 is 23.3 Å². The molecule has 0 bridgehead atoms. The molecule has 0 spiro atoms. The van der Waals surface area contributed by atoms with Gasteiger partial charge in [-0.2, -0.15) is 0 Å². The number of rotatable bonds is 3. The molecule has 0 aromatic heterocycles. The van der Waals surface area contributed by atoms with E-state index < -0.39 is 5.97 Å². The third-order valence-corrected chi connectivity index (χ3v) is 3.02. The first-order valence-electron chi connectivity index (χ1n) is 5.89. The highest BCUT2D eigenvalue weighted by atomic mass is 35.5. The van der Waals surface area contributed by atoms with Gasteiger partial charge in [-0.05, 0) is 30.7 Å². The summed E-state index contributed by atoms with van der Waals surface area (Å²) in [6.45, 7) is 1.82. The van der Waals surface area contributed by atoms with E-state index in [1.165, 1.54) is 6.07 Å². The number of hydrogen-bond acceptors (Lipinski definition) is 3. The van der Waals surface area contributed by atoms with Crippen LogP contribution in [-0.4, -0.2) is 5.97 Å². The van der Waals surface area contributed by atoms with Gasteiger partial charge in [0.15, 0.2) is 0 Å². The Labute approximate surface area is 117 Å². The van der Waals surface area contributed by atoms with Crippen LogP contribution in [-0.2, 0) is 4.74 Å². The number of nitrogen functional groups attached to an aromatic ring is 1. The van der Waals surface area contributed by atoms with E-state index in [0.29, 0.717) is 16.3 Å². The Morgan fingerprint density at radius 1 is 1.21 bits per heavy atom. The molecule has 98 valence electrons. The van der Waals surface area contributed by atoms with E-state index in [4.69, 9.17) is 22.1 Å². The Bertz CT molecular complexity index is 584. The second-order valence-corrected chi connectivity index (χ2v) is 4.63. The zero-order chi connectivity index (χ0) is 13.8. The molecule has 0 aliphatic heterocycles. The number of esters is 1. The normalized spacial score (nSPS) is 11.9. The zero-order valence-corrected chi connectivity index (χ0v) is 11.2. The first-order valence-corrected chi connectivity index (χ1v) is 6.26. The third-order valence-electron chi connectivity index (χ3n) is 2.79. The fourth-order valence-electron chi connectivity index (χ4n) is 1.74. The molecular weight excluding hydrogens is 262 g/mol. The highest BCUT2D eigenvalue weighted by Gasteiger charge is 2.15. The van der Waals surface area contributed by atoms with Crippen LogP contribution in [0.15, 0.2) is 48.5 Å². The second-order valence-electron chi connectivity index (χ2n) is 4.19. The predicted molar refractivity (Wildman–Crippen MR) is 76.1 cm³/mol. The maximum absolute atomic E-state index is 12.0. The van der Waals surface area contributed by atoms with Crippen molar-refractivity contribution in [2.75, 3.05) is 5.73 Å². The number of ether oxygens (including phenoxy) is 1. The molecule has 2 rings (SSSR count). The van der Waals surface area contributed by atoms with Crippen LogP contribution in [0.2, 0.25) is 5.02 Å². The Hall–Kier alpha value is -2.00. The van der Waals surface area contributed by atoms with Gasteiger partial charge in [-0.25, -0.2) is 4.79 Å². The topological polar surface area (TPSA) is 52.3 Å². The van der Waals surface area contributed by atoms with Crippen molar-refractivity contribution in [1.29, 1.82) is 0 Å². The second kappa shape index (κ2) is 5.76. The molecule has 1 unspecified atom stereocenters. The molecule has 0 radical (unpaired) electrons. The van der Waals surface area contributed by atoms with E-state index in [9.17, 15) is 4.79 Å². The van der Waals surface area contributed by atoms with Gasteiger partial charge < -0.3 is 10.5 Å². The number of anilines is 1. The summed E-state index contributed by atoms with van der Waals surface area (Å²) in [7, 11) is 0. The molecule has 1 atom stereocenters. The van der Waals surface area contributed by atoms with Gasteiger partial charge in [0.2, 0.25) is 0 Å². The number of benzene rings is 2. The fraction of sp³-hybridized carbons (Fsp3) is 0.133. The van der Waals surface area contributed by atoms with Gasteiger partial charge in [-0.1, -0.05) is 41.9 Å². The molecule has 4 heteroatoms. The number of carbonyl (C=O) groups excluding carboxylic acids is 1. The lowest BCUT2D eigenvalue weighted by Crippen LogP contribution is -2.11. The highest BCUT2D eigenvalue weighted by Crippen LogP contribution is 2.22. The Kier molecular flexibility index (Phi) is 4.07.